The molecule has 1 aromatic rings. The smallest absolute Gasteiger partial charge is 0.0676 e. The van der Waals surface area contributed by atoms with E-state index in [0.717, 1.165) is 24.2 Å². The summed E-state index contributed by atoms with van der Waals surface area (Å²) in [5, 5.41) is 8.40. The fourth-order valence-electron chi connectivity index (χ4n) is 2.41. The molecule has 0 saturated heterocycles. The predicted octanol–water partition coefficient (Wildman–Crippen LogP) is 2.68. The molecule has 0 radical (unpaired) electrons. The van der Waals surface area contributed by atoms with Gasteiger partial charge in [0.05, 0.1) is 11.4 Å². The fourth-order valence-corrected chi connectivity index (χ4v) is 2.41. The van der Waals surface area contributed by atoms with Crippen LogP contribution < -0.4 is 11.3 Å². The molecule has 4 heteroatoms. The Bertz CT molecular complexity index is 365. The van der Waals surface area contributed by atoms with Gasteiger partial charge in [-0.15, -0.1) is 0 Å². The topological polar surface area (TPSA) is 63.8 Å². The van der Waals surface area contributed by atoms with E-state index in [4.69, 9.17) is 5.84 Å². The SMILES string of the molecule is CCCC(C)CC(NN)c1cc(C)nnc1CC. The number of hydrogen-bond acceptors (Lipinski definition) is 4. The maximum atomic E-state index is 5.72. The van der Waals surface area contributed by atoms with E-state index in [1.807, 2.05) is 6.92 Å². The summed E-state index contributed by atoms with van der Waals surface area (Å²) in [5.74, 6) is 6.39. The second kappa shape index (κ2) is 7.44. The first-order valence-corrected chi connectivity index (χ1v) is 6.91. The molecule has 2 unspecified atom stereocenters. The van der Waals surface area contributed by atoms with Crippen LogP contribution in [0.1, 0.15) is 63.0 Å². The molecule has 1 rings (SSSR count). The Morgan fingerprint density at radius 3 is 2.61 bits per heavy atom. The van der Waals surface area contributed by atoms with Gasteiger partial charge in [-0.1, -0.05) is 33.6 Å². The van der Waals surface area contributed by atoms with E-state index in [0.29, 0.717) is 5.92 Å². The number of hydrogen-bond donors (Lipinski definition) is 2. The number of rotatable bonds is 7. The van der Waals surface area contributed by atoms with Crippen LogP contribution in [0.5, 0.6) is 0 Å². The highest BCUT2D eigenvalue weighted by atomic mass is 15.2. The lowest BCUT2D eigenvalue weighted by molar-refractivity contribution is 0.391. The Kier molecular flexibility index (Phi) is 6.22. The highest BCUT2D eigenvalue weighted by Gasteiger charge is 2.17. The van der Waals surface area contributed by atoms with Gasteiger partial charge < -0.3 is 0 Å². The molecule has 0 aliphatic heterocycles. The van der Waals surface area contributed by atoms with Crippen LogP contribution in [0.15, 0.2) is 6.07 Å². The number of aromatic nitrogens is 2. The summed E-state index contributed by atoms with van der Waals surface area (Å²) < 4.78 is 0. The molecule has 4 nitrogen and oxygen atoms in total. The van der Waals surface area contributed by atoms with Crippen molar-refractivity contribution in [3.8, 4) is 0 Å². The van der Waals surface area contributed by atoms with Crippen LogP contribution in [-0.4, -0.2) is 10.2 Å². The summed E-state index contributed by atoms with van der Waals surface area (Å²) in [4.78, 5) is 0. The van der Waals surface area contributed by atoms with Gasteiger partial charge in [-0.25, -0.2) is 0 Å². The molecule has 1 aromatic heterocycles. The minimum atomic E-state index is 0.177. The Morgan fingerprint density at radius 2 is 2.06 bits per heavy atom. The van der Waals surface area contributed by atoms with Crippen LogP contribution in [0.3, 0.4) is 0 Å². The van der Waals surface area contributed by atoms with Gasteiger partial charge >= 0.3 is 0 Å². The Labute approximate surface area is 110 Å². The van der Waals surface area contributed by atoms with Crippen LogP contribution in [0.2, 0.25) is 0 Å². The number of hydrazine groups is 1. The molecule has 0 amide bonds. The lowest BCUT2D eigenvalue weighted by Crippen LogP contribution is -2.30. The van der Waals surface area contributed by atoms with Crippen LogP contribution in [0.25, 0.3) is 0 Å². The molecule has 18 heavy (non-hydrogen) atoms. The van der Waals surface area contributed by atoms with Crippen molar-refractivity contribution >= 4 is 0 Å². The van der Waals surface area contributed by atoms with E-state index >= 15 is 0 Å². The standard InChI is InChI=1S/C14H26N4/c1-5-7-10(3)8-14(16-15)12-9-11(4)17-18-13(12)6-2/h9-10,14,16H,5-8,15H2,1-4H3. The second-order valence-electron chi connectivity index (χ2n) is 5.09. The molecule has 0 aliphatic rings. The summed E-state index contributed by atoms with van der Waals surface area (Å²) in [6.45, 7) is 8.57. The maximum Gasteiger partial charge on any atom is 0.0676 e. The lowest BCUT2D eigenvalue weighted by atomic mass is 9.92. The second-order valence-corrected chi connectivity index (χ2v) is 5.09. The van der Waals surface area contributed by atoms with Gasteiger partial charge in [0.2, 0.25) is 0 Å². The molecule has 102 valence electrons. The van der Waals surface area contributed by atoms with Gasteiger partial charge in [-0.2, -0.15) is 10.2 Å². The van der Waals surface area contributed by atoms with Gasteiger partial charge in [0.25, 0.3) is 0 Å². The normalized spacial score (nSPS) is 14.5. The average molecular weight is 250 g/mol. The Morgan fingerprint density at radius 1 is 1.33 bits per heavy atom. The van der Waals surface area contributed by atoms with Crippen molar-refractivity contribution in [3.05, 3.63) is 23.0 Å². The van der Waals surface area contributed by atoms with Crippen molar-refractivity contribution in [2.45, 2.75) is 59.4 Å². The van der Waals surface area contributed by atoms with Crippen LogP contribution in [-0.2, 0) is 6.42 Å². The Hall–Kier alpha value is -1.00. The third-order valence-electron chi connectivity index (χ3n) is 3.36. The summed E-state index contributed by atoms with van der Waals surface area (Å²) in [6, 6.07) is 2.28. The lowest BCUT2D eigenvalue weighted by Gasteiger charge is -2.22. The highest BCUT2D eigenvalue weighted by Crippen LogP contribution is 2.25. The van der Waals surface area contributed by atoms with Gasteiger partial charge in [-0.3, -0.25) is 11.3 Å². The number of nitrogens with zero attached hydrogens (tertiary/aromatic N) is 2. The zero-order chi connectivity index (χ0) is 13.5. The first kappa shape index (κ1) is 15.1. The minimum Gasteiger partial charge on any atom is -0.271 e. The molecule has 0 aromatic carbocycles. The first-order chi connectivity index (χ1) is 8.62. The van der Waals surface area contributed by atoms with E-state index < -0.39 is 0 Å². The summed E-state index contributed by atoms with van der Waals surface area (Å²) in [5.41, 5.74) is 6.14. The maximum absolute atomic E-state index is 5.72. The van der Waals surface area contributed by atoms with Crippen molar-refractivity contribution in [1.29, 1.82) is 0 Å². The third-order valence-corrected chi connectivity index (χ3v) is 3.36. The molecular weight excluding hydrogens is 224 g/mol. The average Bonchev–Trinajstić information content (AvgIpc) is 2.36. The van der Waals surface area contributed by atoms with E-state index in [1.54, 1.807) is 0 Å². The highest BCUT2D eigenvalue weighted by molar-refractivity contribution is 5.24. The van der Waals surface area contributed by atoms with E-state index in [2.05, 4.69) is 42.5 Å². The third kappa shape index (κ3) is 4.03. The fraction of sp³-hybridized carbons (Fsp3) is 0.714. The largest absolute Gasteiger partial charge is 0.271 e. The molecule has 0 saturated carbocycles. The quantitative estimate of drug-likeness (QED) is 0.577. The minimum absolute atomic E-state index is 0.177. The summed E-state index contributed by atoms with van der Waals surface area (Å²) in [6.07, 6.45) is 4.38. The van der Waals surface area contributed by atoms with Crippen molar-refractivity contribution in [2.24, 2.45) is 11.8 Å². The van der Waals surface area contributed by atoms with E-state index in [-0.39, 0.29) is 6.04 Å². The van der Waals surface area contributed by atoms with Crippen molar-refractivity contribution in [2.75, 3.05) is 0 Å². The molecule has 0 bridgehead atoms. The van der Waals surface area contributed by atoms with Gasteiger partial charge in [-0.05, 0) is 37.3 Å². The molecular formula is C14H26N4. The number of nitrogens with one attached hydrogen (secondary N) is 1. The van der Waals surface area contributed by atoms with Gasteiger partial charge in [0.1, 0.15) is 0 Å². The summed E-state index contributed by atoms with van der Waals surface area (Å²) in [7, 11) is 0. The zero-order valence-electron chi connectivity index (χ0n) is 12.0. The first-order valence-electron chi connectivity index (χ1n) is 6.91. The van der Waals surface area contributed by atoms with Crippen LogP contribution in [0.4, 0.5) is 0 Å². The molecule has 2 atom stereocenters. The molecule has 0 fully saturated rings. The molecule has 3 N–H and O–H groups in total. The monoisotopic (exact) mass is 250 g/mol. The van der Waals surface area contributed by atoms with Crippen molar-refractivity contribution in [1.82, 2.24) is 15.6 Å². The van der Waals surface area contributed by atoms with Crippen LogP contribution in [0, 0.1) is 12.8 Å². The molecule has 0 aliphatic carbocycles. The Balaban J connectivity index is 2.89. The van der Waals surface area contributed by atoms with Gasteiger partial charge in [0, 0.05) is 6.04 Å². The van der Waals surface area contributed by atoms with E-state index in [9.17, 15) is 0 Å². The van der Waals surface area contributed by atoms with Crippen LogP contribution >= 0.6 is 0 Å². The zero-order valence-corrected chi connectivity index (χ0v) is 12.0. The molecule has 0 spiro atoms. The summed E-state index contributed by atoms with van der Waals surface area (Å²) >= 11 is 0. The molecule has 1 heterocycles. The number of aryl methyl sites for hydroxylation is 2. The number of nitrogens with two attached hydrogens (primary N) is 1. The van der Waals surface area contributed by atoms with Crippen molar-refractivity contribution in [3.63, 3.8) is 0 Å². The van der Waals surface area contributed by atoms with Crippen molar-refractivity contribution < 1.29 is 0 Å². The van der Waals surface area contributed by atoms with E-state index in [1.165, 1.54) is 18.4 Å². The predicted molar refractivity (Wildman–Crippen MR) is 74.9 cm³/mol. The van der Waals surface area contributed by atoms with Gasteiger partial charge in [0.15, 0.2) is 0 Å².